The van der Waals surface area contributed by atoms with Crippen LogP contribution in [0.15, 0.2) is 0 Å². The highest BCUT2D eigenvalue weighted by Gasteiger charge is 2.28. The van der Waals surface area contributed by atoms with Crippen LogP contribution in [0, 0.1) is 5.92 Å². The molecule has 1 rings (SSSR count). The van der Waals surface area contributed by atoms with Gasteiger partial charge in [0.1, 0.15) is 0 Å². The van der Waals surface area contributed by atoms with E-state index in [2.05, 4.69) is 13.8 Å². The molecule has 1 N–H and O–H groups in total. The van der Waals surface area contributed by atoms with Gasteiger partial charge in [0.2, 0.25) is 0 Å². The molecule has 1 aliphatic heterocycles. The Morgan fingerprint density at radius 2 is 1.88 bits per heavy atom. The second-order valence-electron chi connectivity index (χ2n) is 5.58. The van der Waals surface area contributed by atoms with Gasteiger partial charge >= 0.3 is 0 Å². The van der Waals surface area contributed by atoms with E-state index in [9.17, 15) is 5.11 Å². The first-order chi connectivity index (χ1) is 8.25. The summed E-state index contributed by atoms with van der Waals surface area (Å²) in [4.78, 5) is 0. The normalized spacial score (nSPS) is 27.0. The van der Waals surface area contributed by atoms with E-state index in [4.69, 9.17) is 4.74 Å². The fourth-order valence-corrected chi connectivity index (χ4v) is 2.74. The number of ether oxygens (including phenoxy) is 1. The summed E-state index contributed by atoms with van der Waals surface area (Å²) in [5.74, 6) is 0.511. The van der Waals surface area contributed by atoms with Crippen molar-refractivity contribution in [2.24, 2.45) is 5.92 Å². The summed E-state index contributed by atoms with van der Waals surface area (Å²) in [5, 5.41) is 9.89. The Morgan fingerprint density at radius 1 is 1.18 bits per heavy atom. The molecule has 0 aromatic heterocycles. The van der Waals surface area contributed by atoms with Gasteiger partial charge in [0.05, 0.1) is 12.2 Å². The first-order valence-electron chi connectivity index (χ1n) is 7.55. The van der Waals surface area contributed by atoms with Crippen LogP contribution in [0.3, 0.4) is 0 Å². The Bertz CT molecular complexity index is 182. The number of aliphatic hydroxyl groups excluding tert-OH is 1. The standard InChI is InChI=1S/C15H30O2/c1-3-4-5-6-7-8-10-13(2)15-14(16)11-9-12-17-15/h13-16H,3-12H2,1-2H3/t13?,14?,15-/m0/s1. The lowest BCUT2D eigenvalue weighted by atomic mass is 9.90. The van der Waals surface area contributed by atoms with E-state index >= 15 is 0 Å². The van der Waals surface area contributed by atoms with Crippen LogP contribution in [-0.4, -0.2) is 23.9 Å². The van der Waals surface area contributed by atoms with Gasteiger partial charge in [-0.05, 0) is 25.2 Å². The summed E-state index contributed by atoms with van der Waals surface area (Å²) < 4.78 is 5.70. The molecule has 0 spiro atoms. The van der Waals surface area contributed by atoms with Gasteiger partial charge in [-0.3, -0.25) is 0 Å². The first kappa shape index (κ1) is 15.0. The van der Waals surface area contributed by atoms with E-state index in [0.717, 1.165) is 19.4 Å². The zero-order chi connectivity index (χ0) is 12.5. The summed E-state index contributed by atoms with van der Waals surface area (Å²) >= 11 is 0. The third-order valence-corrected chi connectivity index (χ3v) is 3.91. The Labute approximate surface area is 107 Å². The van der Waals surface area contributed by atoms with E-state index < -0.39 is 0 Å². The fraction of sp³-hybridized carbons (Fsp3) is 1.00. The van der Waals surface area contributed by atoms with E-state index in [1.54, 1.807) is 0 Å². The molecule has 17 heavy (non-hydrogen) atoms. The number of aliphatic hydroxyl groups is 1. The maximum atomic E-state index is 9.89. The van der Waals surface area contributed by atoms with Crippen molar-refractivity contribution in [3.63, 3.8) is 0 Å². The molecule has 0 bridgehead atoms. The molecular formula is C15H30O2. The molecule has 1 aliphatic rings. The number of hydrogen-bond acceptors (Lipinski definition) is 2. The average molecular weight is 242 g/mol. The van der Waals surface area contributed by atoms with Crippen LogP contribution in [-0.2, 0) is 4.74 Å². The molecule has 1 heterocycles. The van der Waals surface area contributed by atoms with Gasteiger partial charge in [0.15, 0.2) is 0 Å². The second kappa shape index (κ2) is 8.93. The molecule has 0 saturated carbocycles. The molecule has 0 aromatic carbocycles. The molecule has 0 radical (unpaired) electrons. The molecule has 0 amide bonds. The van der Waals surface area contributed by atoms with Gasteiger partial charge in [0, 0.05) is 6.61 Å². The van der Waals surface area contributed by atoms with Crippen LogP contribution >= 0.6 is 0 Å². The summed E-state index contributed by atoms with van der Waals surface area (Å²) in [7, 11) is 0. The molecular weight excluding hydrogens is 212 g/mol. The minimum absolute atomic E-state index is 0.0967. The quantitative estimate of drug-likeness (QED) is 0.654. The van der Waals surface area contributed by atoms with Crippen molar-refractivity contribution in [3.05, 3.63) is 0 Å². The minimum Gasteiger partial charge on any atom is -0.390 e. The van der Waals surface area contributed by atoms with E-state index in [1.807, 2.05) is 0 Å². The SMILES string of the molecule is CCCCCCCCC(C)[C@@H]1OCCCC1O. The van der Waals surface area contributed by atoms with Crippen molar-refractivity contribution >= 4 is 0 Å². The lowest BCUT2D eigenvalue weighted by Crippen LogP contribution is -2.38. The Balaban J connectivity index is 2.05. The summed E-state index contributed by atoms with van der Waals surface area (Å²) in [6.07, 6.45) is 11.1. The Morgan fingerprint density at radius 3 is 2.59 bits per heavy atom. The topological polar surface area (TPSA) is 29.5 Å². The van der Waals surface area contributed by atoms with Gasteiger partial charge in [0.25, 0.3) is 0 Å². The van der Waals surface area contributed by atoms with Crippen LogP contribution in [0.2, 0.25) is 0 Å². The molecule has 2 heteroatoms. The molecule has 1 fully saturated rings. The average Bonchev–Trinajstić information content (AvgIpc) is 2.34. The molecule has 1 saturated heterocycles. The van der Waals surface area contributed by atoms with Gasteiger partial charge < -0.3 is 9.84 Å². The molecule has 0 aliphatic carbocycles. The van der Waals surface area contributed by atoms with Crippen molar-refractivity contribution in [1.82, 2.24) is 0 Å². The van der Waals surface area contributed by atoms with E-state index in [-0.39, 0.29) is 12.2 Å². The third kappa shape index (κ3) is 5.87. The maximum Gasteiger partial charge on any atom is 0.0859 e. The summed E-state index contributed by atoms with van der Waals surface area (Å²) in [6, 6.07) is 0. The van der Waals surface area contributed by atoms with Crippen LogP contribution in [0.4, 0.5) is 0 Å². The molecule has 2 unspecified atom stereocenters. The van der Waals surface area contributed by atoms with Crippen LogP contribution in [0.1, 0.15) is 71.6 Å². The molecule has 3 atom stereocenters. The molecule has 0 aromatic rings. The van der Waals surface area contributed by atoms with Gasteiger partial charge in [-0.1, -0.05) is 52.4 Å². The Kier molecular flexibility index (Phi) is 7.87. The maximum absolute atomic E-state index is 9.89. The minimum atomic E-state index is -0.223. The monoisotopic (exact) mass is 242 g/mol. The lowest BCUT2D eigenvalue weighted by molar-refractivity contribution is -0.0991. The van der Waals surface area contributed by atoms with Crippen LogP contribution < -0.4 is 0 Å². The van der Waals surface area contributed by atoms with Crippen LogP contribution in [0.25, 0.3) is 0 Å². The summed E-state index contributed by atoms with van der Waals surface area (Å²) in [6.45, 7) is 5.32. The van der Waals surface area contributed by atoms with E-state index in [0.29, 0.717) is 5.92 Å². The van der Waals surface area contributed by atoms with Gasteiger partial charge in [-0.25, -0.2) is 0 Å². The number of rotatable bonds is 8. The highest BCUT2D eigenvalue weighted by molar-refractivity contribution is 4.78. The van der Waals surface area contributed by atoms with Crippen molar-refractivity contribution < 1.29 is 9.84 Å². The Hall–Kier alpha value is -0.0800. The first-order valence-corrected chi connectivity index (χ1v) is 7.55. The van der Waals surface area contributed by atoms with Gasteiger partial charge in [-0.15, -0.1) is 0 Å². The number of hydrogen-bond donors (Lipinski definition) is 1. The molecule has 102 valence electrons. The zero-order valence-electron chi connectivity index (χ0n) is 11.7. The van der Waals surface area contributed by atoms with Crippen molar-refractivity contribution in [2.75, 3.05) is 6.61 Å². The smallest absolute Gasteiger partial charge is 0.0859 e. The highest BCUT2D eigenvalue weighted by Crippen LogP contribution is 2.24. The predicted molar refractivity (Wildman–Crippen MR) is 72.1 cm³/mol. The van der Waals surface area contributed by atoms with Gasteiger partial charge in [-0.2, -0.15) is 0 Å². The third-order valence-electron chi connectivity index (χ3n) is 3.91. The largest absolute Gasteiger partial charge is 0.390 e. The van der Waals surface area contributed by atoms with Crippen molar-refractivity contribution in [1.29, 1.82) is 0 Å². The van der Waals surface area contributed by atoms with Crippen LogP contribution in [0.5, 0.6) is 0 Å². The lowest BCUT2D eigenvalue weighted by Gasteiger charge is -2.32. The fourth-order valence-electron chi connectivity index (χ4n) is 2.74. The number of unbranched alkanes of at least 4 members (excludes halogenated alkanes) is 5. The predicted octanol–water partition coefficient (Wildman–Crippen LogP) is 3.91. The summed E-state index contributed by atoms with van der Waals surface area (Å²) in [5.41, 5.74) is 0. The molecule has 2 nitrogen and oxygen atoms in total. The highest BCUT2D eigenvalue weighted by atomic mass is 16.5. The van der Waals surface area contributed by atoms with E-state index in [1.165, 1.54) is 44.9 Å². The zero-order valence-corrected chi connectivity index (χ0v) is 11.7. The second-order valence-corrected chi connectivity index (χ2v) is 5.58. The van der Waals surface area contributed by atoms with Crippen molar-refractivity contribution in [3.8, 4) is 0 Å². The van der Waals surface area contributed by atoms with Crippen molar-refractivity contribution in [2.45, 2.75) is 83.8 Å².